The monoisotopic (exact) mass is 474 g/mol. The second-order valence-corrected chi connectivity index (χ2v) is 9.67. The second kappa shape index (κ2) is 7.52. The predicted molar refractivity (Wildman–Crippen MR) is 153 cm³/mol. The molecule has 3 heterocycles. The lowest BCUT2D eigenvalue weighted by molar-refractivity contribution is 1.02. The van der Waals surface area contributed by atoms with Crippen molar-refractivity contribution in [2.24, 2.45) is 0 Å². The minimum absolute atomic E-state index is 0.674. The van der Waals surface area contributed by atoms with E-state index >= 15 is 0 Å². The molecule has 0 spiro atoms. The van der Waals surface area contributed by atoms with Gasteiger partial charge in [0.1, 0.15) is 0 Å². The molecule has 3 aromatic heterocycles. The number of aromatic nitrogens is 4. The number of nitrogens with one attached hydrogen (secondary N) is 1. The largest absolute Gasteiger partial charge is 0.353 e. The topological polar surface area (TPSA) is 46.5 Å². The van der Waals surface area contributed by atoms with E-state index in [1.807, 2.05) is 12.1 Å². The van der Waals surface area contributed by atoms with Gasteiger partial charge in [-0.1, -0.05) is 90.5 Å². The molecule has 174 valence electrons. The van der Waals surface area contributed by atoms with Gasteiger partial charge in [-0.3, -0.25) is 4.57 Å². The van der Waals surface area contributed by atoms with Crippen molar-refractivity contribution < 1.29 is 0 Å². The minimum atomic E-state index is 0.674. The molecule has 0 unspecified atom stereocenters. The summed E-state index contributed by atoms with van der Waals surface area (Å²) in [5.74, 6) is 0.674. The molecule has 37 heavy (non-hydrogen) atoms. The molecule has 0 fully saturated rings. The zero-order valence-electron chi connectivity index (χ0n) is 20.2. The summed E-state index contributed by atoms with van der Waals surface area (Å²) in [6.07, 6.45) is 0. The van der Waals surface area contributed by atoms with E-state index in [0.717, 1.165) is 44.2 Å². The SMILES string of the molecule is Cc1ccc2c(c1)c1ccc3c4ccccc4[nH]c3c1n2-c1nc(-c2ccccc2)c2ccccc2n1. The van der Waals surface area contributed by atoms with Crippen molar-refractivity contribution in [1.29, 1.82) is 0 Å². The highest BCUT2D eigenvalue weighted by Crippen LogP contribution is 2.39. The van der Waals surface area contributed by atoms with Gasteiger partial charge in [-0.15, -0.1) is 0 Å². The first-order valence-electron chi connectivity index (χ1n) is 12.5. The fraction of sp³-hybridized carbons (Fsp3) is 0.0303. The first-order chi connectivity index (χ1) is 18.3. The number of aryl methyl sites for hydroxylation is 1. The van der Waals surface area contributed by atoms with Crippen LogP contribution in [0.4, 0.5) is 0 Å². The molecule has 0 saturated heterocycles. The van der Waals surface area contributed by atoms with E-state index in [4.69, 9.17) is 9.97 Å². The van der Waals surface area contributed by atoms with Crippen LogP contribution in [0.5, 0.6) is 0 Å². The number of rotatable bonds is 2. The third kappa shape index (κ3) is 2.90. The summed E-state index contributed by atoms with van der Waals surface area (Å²) >= 11 is 0. The molecule has 0 saturated carbocycles. The maximum absolute atomic E-state index is 5.23. The van der Waals surface area contributed by atoms with E-state index in [0.29, 0.717) is 5.95 Å². The summed E-state index contributed by atoms with van der Waals surface area (Å²) in [5.41, 5.74) is 8.60. The number of H-pyrrole nitrogens is 1. The lowest BCUT2D eigenvalue weighted by Gasteiger charge is -2.12. The van der Waals surface area contributed by atoms with Crippen LogP contribution in [-0.2, 0) is 0 Å². The second-order valence-electron chi connectivity index (χ2n) is 9.67. The lowest BCUT2D eigenvalue weighted by atomic mass is 10.1. The number of fused-ring (bicyclic) bond motifs is 8. The Morgan fingerprint density at radius 2 is 1.38 bits per heavy atom. The van der Waals surface area contributed by atoms with Crippen LogP contribution in [-0.4, -0.2) is 19.5 Å². The van der Waals surface area contributed by atoms with Gasteiger partial charge >= 0.3 is 0 Å². The molecule has 5 aromatic carbocycles. The lowest BCUT2D eigenvalue weighted by Crippen LogP contribution is -2.03. The van der Waals surface area contributed by atoms with E-state index in [-0.39, 0.29) is 0 Å². The van der Waals surface area contributed by atoms with Gasteiger partial charge in [0.05, 0.1) is 27.8 Å². The summed E-state index contributed by atoms with van der Waals surface area (Å²) in [4.78, 5) is 14.1. The Bertz CT molecular complexity index is 2150. The van der Waals surface area contributed by atoms with E-state index in [1.165, 1.54) is 27.1 Å². The third-order valence-electron chi connectivity index (χ3n) is 7.40. The third-order valence-corrected chi connectivity index (χ3v) is 7.40. The summed E-state index contributed by atoms with van der Waals surface area (Å²) in [7, 11) is 0. The quantitative estimate of drug-likeness (QED) is 0.274. The molecule has 0 aliphatic heterocycles. The Morgan fingerprint density at radius 3 is 2.27 bits per heavy atom. The Hall–Kier alpha value is -4.96. The van der Waals surface area contributed by atoms with Gasteiger partial charge in [0.15, 0.2) is 0 Å². The van der Waals surface area contributed by atoms with Crippen molar-refractivity contribution in [3.05, 3.63) is 115 Å². The van der Waals surface area contributed by atoms with Crippen LogP contribution in [0.1, 0.15) is 5.56 Å². The maximum atomic E-state index is 5.23. The Labute approximate surface area is 212 Å². The predicted octanol–water partition coefficient (Wildman–Crippen LogP) is 8.34. The molecule has 0 bridgehead atoms. The molecule has 1 N–H and O–H groups in total. The van der Waals surface area contributed by atoms with E-state index in [1.54, 1.807) is 0 Å². The number of aromatic amines is 1. The molecule has 4 nitrogen and oxygen atoms in total. The van der Waals surface area contributed by atoms with Gasteiger partial charge in [0.25, 0.3) is 0 Å². The van der Waals surface area contributed by atoms with E-state index < -0.39 is 0 Å². The highest BCUT2D eigenvalue weighted by Gasteiger charge is 2.20. The molecular formula is C33H22N4. The molecule has 0 radical (unpaired) electrons. The van der Waals surface area contributed by atoms with Gasteiger partial charge < -0.3 is 4.98 Å². The van der Waals surface area contributed by atoms with Crippen LogP contribution in [0, 0.1) is 6.92 Å². The molecule has 8 rings (SSSR count). The van der Waals surface area contributed by atoms with Crippen molar-refractivity contribution in [3.63, 3.8) is 0 Å². The van der Waals surface area contributed by atoms with Crippen LogP contribution >= 0.6 is 0 Å². The standard InChI is InChI=1S/C33H22N4/c1-20-15-18-29-26(19-20)24-17-16-23-22-11-5-7-13-27(22)34-31(23)32(24)37(29)33-35-28-14-8-6-12-25(28)30(36-33)21-9-3-2-4-10-21/h2-19,34H,1H3. The number of nitrogens with zero attached hydrogens (tertiary/aromatic N) is 3. The summed E-state index contributed by atoms with van der Waals surface area (Å²) < 4.78 is 2.24. The van der Waals surface area contributed by atoms with Crippen LogP contribution in [0.3, 0.4) is 0 Å². The number of benzene rings is 5. The Balaban J connectivity index is 1.57. The van der Waals surface area contributed by atoms with Gasteiger partial charge in [0.2, 0.25) is 5.95 Å². The molecule has 0 aliphatic carbocycles. The van der Waals surface area contributed by atoms with E-state index in [9.17, 15) is 0 Å². The average Bonchev–Trinajstić information content (AvgIpc) is 3.48. The maximum Gasteiger partial charge on any atom is 0.235 e. The van der Waals surface area contributed by atoms with Crippen LogP contribution in [0.15, 0.2) is 109 Å². The van der Waals surface area contributed by atoms with Crippen LogP contribution in [0.25, 0.3) is 71.7 Å². The van der Waals surface area contributed by atoms with E-state index in [2.05, 4.69) is 114 Å². The molecule has 0 aliphatic rings. The number of hydrogen-bond acceptors (Lipinski definition) is 2. The Kier molecular flexibility index (Phi) is 4.12. The van der Waals surface area contributed by atoms with Crippen LogP contribution < -0.4 is 0 Å². The van der Waals surface area contributed by atoms with Gasteiger partial charge in [-0.05, 0) is 31.2 Å². The fourth-order valence-corrected chi connectivity index (χ4v) is 5.72. The van der Waals surface area contributed by atoms with Gasteiger partial charge in [-0.25, -0.2) is 9.97 Å². The molecular weight excluding hydrogens is 452 g/mol. The molecule has 0 amide bonds. The number of para-hydroxylation sites is 2. The van der Waals surface area contributed by atoms with Gasteiger partial charge in [-0.2, -0.15) is 0 Å². The average molecular weight is 475 g/mol. The number of hydrogen-bond donors (Lipinski definition) is 1. The van der Waals surface area contributed by atoms with Crippen molar-refractivity contribution >= 4 is 54.5 Å². The van der Waals surface area contributed by atoms with Crippen LogP contribution in [0.2, 0.25) is 0 Å². The van der Waals surface area contributed by atoms with Crippen molar-refractivity contribution in [3.8, 4) is 17.2 Å². The first kappa shape index (κ1) is 20.3. The normalized spacial score (nSPS) is 11.9. The van der Waals surface area contributed by atoms with Gasteiger partial charge in [0, 0.05) is 38.0 Å². The molecule has 0 atom stereocenters. The van der Waals surface area contributed by atoms with Crippen molar-refractivity contribution in [2.45, 2.75) is 6.92 Å². The zero-order valence-corrected chi connectivity index (χ0v) is 20.2. The Morgan fingerprint density at radius 1 is 0.622 bits per heavy atom. The summed E-state index contributed by atoms with van der Waals surface area (Å²) in [6.45, 7) is 2.14. The minimum Gasteiger partial charge on any atom is -0.353 e. The fourth-order valence-electron chi connectivity index (χ4n) is 5.72. The molecule has 8 aromatic rings. The summed E-state index contributed by atoms with van der Waals surface area (Å²) in [6, 6.07) is 38.2. The smallest absolute Gasteiger partial charge is 0.235 e. The highest BCUT2D eigenvalue weighted by molar-refractivity contribution is 6.22. The van der Waals surface area contributed by atoms with Crippen molar-refractivity contribution in [2.75, 3.05) is 0 Å². The highest BCUT2D eigenvalue weighted by atomic mass is 15.2. The first-order valence-corrected chi connectivity index (χ1v) is 12.5. The van der Waals surface area contributed by atoms with Crippen molar-refractivity contribution in [1.82, 2.24) is 19.5 Å². The zero-order chi connectivity index (χ0) is 24.5. The molecule has 4 heteroatoms. The summed E-state index contributed by atoms with van der Waals surface area (Å²) in [5, 5.41) is 5.86.